The zero-order valence-electron chi connectivity index (χ0n) is 8.53. The monoisotopic (exact) mass is 192 g/mol. The Morgan fingerprint density at radius 3 is 2.79 bits per heavy atom. The molecule has 76 valence electrons. The van der Waals surface area contributed by atoms with E-state index in [0.717, 1.165) is 31.8 Å². The molecular formula is C12H16O2. The molecule has 0 bridgehead atoms. The fraction of sp³-hybridized carbons (Fsp3) is 0.500. The fourth-order valence-corrected chi connectivity index (χ4v) is 1.93. The van der Waals surface area contributed by atoms with E-state index in [1.165, 1.54) is 5.56 Å². The van der Waals surface area contributed by atoms with Crippen LogP contribution in [0.1, 0.15) is 24.3 Å². The zero-order chi connectivity index (χ0) is 9.80. The van der Waals surface area contributed by atoms with E-state index in [1.54, 1.807) is 7.11 Å². The van der Waals surface area contributed by atoms with Crippen molar-refractivity contribution in [2.45, 2.75) is 18.8 Å². The summed E-state index contributed by atoms with van der Waals surface area (Å²) in [4.78, 5) is 0. The third-order valence-corrected chi connectivity index (χ3v) is 2.79. The molecule has 14 heavy (non-hydrogen) atoms. The molecule has 1 heterocycles. The van der Waals surface area contributed by atoms with E-state index in [2.05, 4.69) is 18.2 Å². The summed E-state index contributed by atoms with van der Waals surface area (Å²) in [6, 6.07) is 8.36. The van der Waals surface area contributed by atoms with Gasteiger partial charge in [-0.05, 0) is 36.5 Å². The second kappa shape index (κ2) is 4.47. The van der Waals surface area contributed by atoms with Gasteiger partial charge in [-0.2, -0.15) is 0 Å². The van der Waals surface area contributed by atoms with Crippen LogP contribution in [0.4, 0.5) is 0 Å². The molecular weight excluding hydrogens is 176 g/mol. The van der Waals surface area contributed by atoms with Crippen LogP contribution in [0.3, 0.4) is 0 Å². The summed E-state index contributed by atoms with van der Waals surface area (Å²) in [7, 11) is 1.71. The number of benzene rings is 1. The first-order valence-electron chi connectivity index (χ1n) is 5.12. The SMILES string of the molecule is COc1cccc(C2CCOCC2)c1. The smallest absolute Gasteiger partial charge is 0.119 e. The van der Waals surface area contributed by atoms with E-state index in [4.69, 9.17) is 9.47 Å². The van der Waals surface area contributed by atoms with Crippen LogP contribution >= 0.6 is 0 Å². The van der Waals surface area contributed by atoms with Crippen molar-refractivity contribution in [2.75, 3.05) is 20.3 Å². The van der Waals surface area contributed by atoms with Crippen molar-refractivity contribution in [1.29, 1.82) is 0 Å². The molecule has 0 N–H and O–H groups in total. The molecule has 0 radical (unpaired) electrons. The Hall–Kier alpha value is -1.02. The molecule has 0 unspecified atom stereocenters. The molecule has 1 saturated heterocycles. The van der Waals surface area contributed by atoms with Gasteiger partial charge in [0.25, 0.3) is 0 Å². The van der Waals surface area contributed by atoms with Gasteiger partial charge in [-0.1, -0.05) is 12.1 Å². The maximum Gasteiger partial charge on any atom is 0.119 e. The highest BCUT2D eigenvalue weighted by atomic mass is 16.5. The van der Waals surface area contributed by atoms with Crippen molar-refractivity contribution in [1.82, 2.24) is 0 Å². The standard InChI is InChI=1S/C12H16O2/c1-13-12-4-2-3-11(9-12)10-5-7-14-8-6-10/h2-4,9-10H,5-8H2,1H3. The minimum Gasteiger partial charge on any atom is -0.497 e. The van der Waals surface area contributed by atoms with Crippen LogP contribution in [-0.4, -0.2) is 20.3 Å². The van der Waals surface area contributed by atoms with Gasteiger partial charge >= 0.3 is 0 Å². The van der Waals surface area contributed by atoms with Crippen molar-refractivity contribution in [3.63, 3.8) is 0 Å². The summed E-state index contributed by atoms with van der Waals surface area (Å²) in [6.45, 7) is 1.78. The number of methoxy groups -OCH3 is 1. The third kappa shape index (κ3) is 2.07. The summed E-state index contributed by atoms with van der Waals surface area (Å²) in [5, 5.41) is 0. The van der Waals surface area contributed by atoms with E-state index in [1.807, 2.05) is 6.07 Å². The number of hydrogen-bond donors (Lipinski definition) is 0. The van der Waals surface area contributed by atoms with Crippen molar-refractivity contribution >= 4 is 0 Å². The molecule has 0 amide bonds. The average molecular weight is 192 g/mol. The minimum absolute atomic E-state index is 0.652. The van der Waals surface area contributed by atoms with Gasteiger partial charge in [0.05, 0.1) is 7.11 Å². The molecule has 0 aliphatic carbocycles. The van der Waals surface area contributed by atoms with Crippen molar-refractivity contribution in [2.24, 2.45) is 0 Å². The molecule has 0 spiro atoms. The van der Waals surface area contributed by atoms with Gasteiger partial charge in [0.1, 0.15) is 5.75 Å². The van der Waals surface area contributed by atoms with Crippen molar-refractivity contribution < 1.29 is 9.47 Å². The molecule has 2 nitrogen and oxygen atoms in total. The van der Waals surface area contributed by atoms with Gasteiger partial charge in [0.15, 0.2) is 0 Å². The Kier molecular flexibility index (Phi) is 3.04. The number of rotatable bonds is 2. The Labute approximate surface area is 84.8 Å². The van der Waals surface area contributed by atoms with E-state index in [0.29, 0.717) is 5.92 Å². The van der Waals surface area contributed by atoms with Crippen LogP contribution in [0.15, 0.2) is 24.3 Å². The van der Waals surface area contributed by atoms with Crippen LogP contribution in [0.2, 0.25) is 0 Å². The molecule has 1 aromatic rings. The summed E-state index contributed by atoms with van der Waals surface area (Å²) < 4.78 is 10.6. The Morgan fingerprint density at radius 2 is 2.07 bits per heavy atom. The lowest BCUT2D eigenvalue weighted by molar-refractivity contribution is 0.0853. The zero-order valence-corrected chi connectivity index (χ0v) is 8.53. The van der Waals surface area contributed by atoms with Gasteiger partial charge in [-0.3, -0.25) is 0 Å². The Morgan fingerprint density at radius 1 is 1.29 bits per heavy atom. The van der Waals surface area contributed by atoms with Crippen LogP contribution < -0.4 is 4.74 Å². The van der Waals surface area contributed by atoms with E-state index < -0.39 is 0 Å². The molecule has 1 aliphatic rings. The average Bonchev–Trinajstić information content (AvgIpc) is 2.30. The molecule has 1 aromatic carbocycles. The molecule has 1 aliphatic heterocycles. The first kappa shape index (κ1) is 9.53. The molecule has 0 aromatic heterocycles. The summed E-state index contributed by atoms with van der Waals surface area (Å²) in [6.07, 6.45) is 2.26. The second-order valence-corrected chi connectivity index (χ2v) is 3.66. The molecule has 0 atom stereocenters. The van der Waals surface area contributed by atoms with Gasteiger partial charge in [0.2, 0.25) is 0 Å². The molecule has 2 heteroatoms. The third-order valence-electron chi connectivity index (χ3n) is 2.79. The quantitative estimate of drug-likeness (QED) is 0.717. The number of hydrogen-bond acceptors (Lipinski definition) is 2. The van der Waals surface area contributed by atoms with E-state index >= 15 is 0 Å². The summed E-state index contributed by atoms with van der Waals surface area (Å²) in [5.74, 6) is 1.60. The van der Waals surface area contributed by atoms with Crippen molar-refractivity contribution in [3.8, 4) is 5.75 Å². The topological polar surface area (TPSA) is 18.5 Å². The van der Waals surface area contributed by atoms with E-state index in [9.17, 15) is 0 Å². The van der Waals surface area contributed by atoms with Crippen LogP contribution in [0.25, 0.3) is 0 Å². The van der Waals surface area contributed by atoms with Crippen molar-refractivity contribution in [3.05, 3.63) is 29.8 Å². The Balaban J connectivity index is 2.13. The highest BCUT2D eigenvalue weighted by molar-refractivity contribution is 5.30. The first-order valence-corrected chi connectivity index (χ1v) is 5.12. The lowest BCUT2D eigenvalue weighted by Crippen LogP contribution is -2.13. The van der Waals surface area contributed by atoms with Gasteiger partial charge in [-0.25, -0.2) is 0 Å². The number of ether oxygens (including phenoxy) is 2. The fourth-order valence-electron chi connectivity index (χ4n) is 1.93. The maximum absolute atomic E-state index is 5.35. The summed E-state index contributed by atoms with van der Waals surface area (Å²) >= 11 is 0. The van der Waals surface area contributed by atoms with Crippen LogP contribution in [0, 0.1) is 0 Å². The first-order chi connectivity index (χ1) is 6.90. The predicted octanol–water partition coefficient (Wildman–Crippen LogP) is 2.59. The predicted molar refractivity (Wildman–Crippen MR) is 55.8 cm³/mol. The van der Waals surface area contributed by atoms with Crippen LogP contribution in [-0.2, 0) is 4.74 Å². The van der Waals surface area contributed by atoms with Crippen LogP contribution in [0.5, 0.6) is 5.75 Å². The second-order valence-electron chi connectivity index (χ2n) is 3.66. The van der Waals surface area contributed by atoms with Gasteiger partial charge in [0, 0.05) is 13.2 Å². The van der Waals surface area contributed by atoms with Gasteiger partial charge in [-0.15, -0.1) is 0 Å². The minimum atomic E-state index is 0.652. The van der Waals surface area contributed by atoms with Gasteiger partial charge < -0.3 is 9.47 Å². The largest absolute Gasteiger partial charge is 0.497 e. The van der Waals surface area contributed by atoms with E-state index in [-0.39, 0.29) is 0 Å². The summed E-state index contributed by atoms with van der Waals surface area (Å²) in [5.41, 5.74) is 1.38. The lowest BCUT2D eigenvalue weighted by atomic mass is 9.92. The highest BCUT2D eigenvalue weighted by Gasteiger charge is 2.15. The molecule has 1 fully saturated rings. The lowest BCUT2D eigenvalue weighted by Gasteiger charge is -2.22. The highest BCUT2D eigenvalue weighted by Crippen LogP contribution is 2.28. The Bertz CT molecular complexity index is 290. The normalized spacial score (nSPS) is 18.1. The molecule has 2 rings (SSSR count). The maximum atomic E-state index is 5.35. The molecule has 0 saturated carbocycles.